The van der Waals surface area contributed by atoms with E-state index in [1.54, 1.807) is 26.0 Å². The molecule has 114 valence electrons. The van der Waals surface area contributed by atoms with Gasteiger partial charge in [0.25, 0.3) is 5.84 Å². The zero-order valence-corrected chi connectivity index (χ0v) is 12.4. The van der Waals surface area contributed by atoms with Crippen molar-refractivity contribution < 1.29 is 18.9 Å². The molecule has 0 bridgehead atoms. The average Bonchev–Trinajstić information content (AvgIpc) is 2.78. The Balaban J connectivity index is 2.22. The molecule has 1 aliphatic carbocycles. The third-order valence-corrected chi connectivity index (χ3v) is 4.52. The quantitative estimate of drug-likeness (QED) is 0.713. The summed E-state index contributed by atoms with van der Waals surface area (Å²) < 4.78 is 16.9. The van der Waals surface area contributed by atoms with Crippen molar-refractivity contribution in [1.29, 1.82) is 10.5 Å². The van der Waals surface area contributed by atoms with Gasteiger partial charge in [0.1, 0.15) is 5.76 Å². The highest BCUT2D eigenvalue weighted by Gasteiger charge is 2.98. The maximum atomic E-state index is 9.93. The smallest absolute Gasteiger partial charge is 0.343 e. The van der Waals surface area contributed by atoms with E-state index in [0.29, 0.717) is 19.0 Å². The SMILES string of the molecule is CCOC1(OCC)[NH+]=C(N)[C@@]2(C#N)[C@@H](c3ccco3)[C@@]12C#N. The molecule has 0 radical (unpaired) electrons. The lowest BCUT2D eigenvalue weighted by Gasteiger charge is -2.29. The predicted octanol–water partition coefficient (Wildman–Crippen LogP) is -0.425. The van der Waals surface area contributed by atoms with Gasteiger partial charge in [-0.15, -0.1) is 0 Å². The summed E-state index contributed by atoms with van der Waals surface area (Å²) in [4.78, 5) is 2.91. The molecule has 0 aromatic carbocycles. The van der Waals surface area contributed by atoms with E-state index in [9.17, 15) is 10.5 Å². The second-order valence-electron chi connectivity index (χ2n) is 5.31. The van der Waals surface area contributed by atoms with Gasteiger partial charge in [0.15, 0.2) is 10.8 Å². The number of nitrogens with one attached hydrogen (secondary N) is 1. The van der Waals surface area contributed by atoms with Crippen LogP contribution in [-0.2, 0) is 9.47 Å². The fraction of sp³-hybridized carbons (Fsp3) is 0.533. The van der Waals surface area contributed by atoms with Gasteiger partial charge in [-0.3, -0.25) is 5.73 Å². The highest BCUT2D eigenvalue weighted by atomic mass is 16.7. The number of nitrogens with zero attached hydrogens (tertiary/aromatic N) is 2. The number of amidine groups is 1. The van der Waals surface area contributed by atoms with Crippen LogP contribution in [0.1, 0.15) is 25.5 Å². The van der Waals surface area contributed by atoms with E-state index in [4.69, 9.17) is 19.6 Å². The molecule has 2 aliphatic rings. The normalized spacial score (nSPS) is 34.4. The van der Waals surface area contributed by atoms with Crippen LogP contribution in [0.15, 0.2) is 22.8 Å². The molecule has 0 saturated heterocycles. The number of nitriles is 2. The van der Waals surface area contributed by atoms with Crippen molar-refractivity contribution >= 4 is 5.84 Å². The topological polar surface area (TPSA) is 119 Å². The first-order chi connectivity index (χ1) is 10.6. The summed E-state index contributed by atoms with van der Waals surface area (Å²) in [6.07, 6.45) is 1.51. The van der Waals surface area contributed by atoms with Gasteiger partial charge in [-0.1, -0.05) is 0 Å². The van der Waals surface area contributed by atoms with Gasteiger partial charge in [-0.2, -0.15) is 10.5 Å². The first kappa shape index (κ1) is 14.6. The molecule has 22 heavy (non-hydrogen) atoms. The number of furan rings is 1. The fourth-order valence-corrected chi connectivity index (χ4v) is 3.74. The third-order valence-electron chi connectivity index (χ3n) is 4.52. The Kier molecular flexibility index (Phi) is 3.03. The highest BCUT2D eigenvalue weighted by Crippen LogP contribution is 2.78. The summed E-state index contributed by atoms with van der Waals surface area (Å²) in [6, 6.07) is 7.89. The Morgan fingerprint density at radius 2 is 2.00 bits per heavy atom. The number of ether oxygens (including phenoxy) is 2. The van der Waals surface area contributed by atoms with Crippen molar-refractivity contribution in [2.24, 2.45) is 16.6 Å². The van der Waals surface area contributed by atoms with Crippen LogP contribution in [0.2, 0.25) is 0 Å². The summed E-state index contributed by atoms with van der Waals surface area (Å²) in [6.45, 7) is 4.19. The molecule has 7 nitrogen and oxygen atoms in total. The predicted molar refractivity (Wildman–Crippen MR) is 73.7 cm³/mol. The monoisotopic (exact) mass is 301 g/mol. The summed E-state index contributed by atoms with van der Waals surface area (Å²) in [5.41, 5.74) is 3.57. The Hall–Kier alpha value is -2.35. The molecule has 3 rings (SSSR count). The molecule has 1 aliphatic heterocycles. The van der Waals surface area contributed by atoms with Crippen molar-refractivity contribution in [1.82, 2.24) is 0 Å². The molecule has 7 heteroatoms. The van der Waals surface area contributed by atoms with Crippen molar-refractivity contribution in [3.05, 3.63) is 24.2 Å². The molecule has 2 heterocycles. The zero-order valence-electron chi connectivity index (χ0n) is 12.4. The molecule has 1 aromatic rings. The van der Waals surface area contributed by atoms with E-state index in [0.717, 1.165) is 0 Å². The molecule has 1 aromatic heterocycles. The first-order valence-corrected chi connectivity index (χ1v) is 7.15. The molecule has 3 N–H and O–H groups in total. The molecule has 1 fully saturated rings. The van der Waals surface area contributed by atoms with E-state index >= 15 is 0 Å². The van der Waals surface area contributed by atoms with E-state index in [1.807, 2.05) is 0 Å². The van der Waals surface area contributed by atoms with Gasteiger partial charge in [0.2, 0.25) is 0 Å². The van der Waals surface area contributed by atoms with Crippen LogP contribution in [-0.4, -0.2) is 25.0 Å². The lowest BCUT2D eigenvalue weighted by molar-refractivity contribution is -0.693. The lowest BCUT2D eigenvalue weighted by Crippen LogP contribution is -2.91. The number of hydrogen-bond donors (Lipinski definition) is 2. The maximum Gasteiger partial charge on any atom is 0.343 e. The number of nitrogens with two attached hydrogens (primary N) is 1. The number of fused-ring (bicyclic) bond motifs is 1. The highest BCUT2D eigenvalue weighted by molar-refractivity contribution is 5.95. The molecule has 0 amide bonds. The summed E-state index contributed by atoms with van der Waals surface area (Å²) in [5.74, 6) is -1.29. The summed E-state index contributed by atoms with van der Waals surface area (Å²) in [5, 5.41) is 19.7. The van der Waals surface area contributed by atoms with Crippen LogP contribution in [0.25, 0.3) is 0 Å². The average molecular weight is 301 g/mol. The molecule has 1 saturated carbocycles. The van der Waals surface area contributed by atoms with Gasteiger partial charge >= 0.3 is 5.91 Å². The van der Waals surface area contributed by atoms with E-state index < -0.39 is 22.7 Å². The Morgan fingerprint density at radius 3 is 2.45 bits per heavy atom. The van der Waals surface area contributed by atoms with Crippen molar-refractivity contribution in [2.45, 2.75) is 25.7 Å². The zero-order chi connectivity index (χ0) is 16.0. The van der Waals surface area contributed by atoms with E-state index in [1.165, 1.54) is 6.26 Å². The maximum absolute atomic E-state index is 9.93. The Labute approximate surface area is 127 Å². The number of rotatable bonds is 5. The summed E-state index contributed by atoms with van der Waals surface area (Å²) in [7, 11) is 0. The molecule has 3 atom stereocenters. The van der Waals surface area contributed by atoms with Crippen molar-refractivity contribution in [2.75, 3.05) is 13.2 Å². The van der Waals surface area contributed by atoms with Crippen LogP contribution in [0.4, 0.5) is 0 Å². The minimum absolute atomic E-state index is 0.180. The number of hydrogen-bond acceptors (Lipinski definition) is 6. The first-order valence-electron chi connectivity index (χ1n) is 7.15. The molecule has 0 unspecified atom stereocenters. The van der Waals surface area contributed by atoms with Gasteiger partial charge in [0.05, 0.1) is 37.5 Å². The molecular formula is C15H17N4O3+. The third kappa shape index (κ3) is 1.29. The minimum Gasteiger partial charge on any atom is -0.469 e. The van der Waals surface area contributed by atoms with Crippen molar-refractivity contribution in [3.63, 3.8) is 0 Å². The fourth-order valence-electron chi connectivity index (χ4n) is 3.74. The van der Waals surface area contributed by atoms with Crippen LogP contribution < -0.4 is 10.7 Å². The minimum atomic E-state index is -1.46. The van der Waals surface area contributed by atoms with Gasteiger partial charge < -0.3 is 13.9 Å². The van der Waals surface area contributed by atoms with E-state index in [-0.39, 0.29) is 5.84 Å². The lowest BCUT2D eigenvalue weighted by atomic mass is 9.93. The van der Waals surface area contributed by atoms with Crippen LogP contribution >= 0.6 is 0 Å². The second-order valence-corrected chi connectivity index (χ2v) is 5.31. The largest absolute Gasteiger partial charge is 0.469 e. The van der Waals surface area contributed by atoms with Crippen molar-refractivity contribution in [3.8, 4) is 12.1 Å². The van der Waals surface area contributed by atoms with Crippen LogP contribution in [0, 0.1) is 33.5 Å². The van der Waals surface area contributed by atoms with Crippen LogP contribution in [0.3, 0.4) is 0 Å². The van der Waals surface area contributed by atoms with E-state index in [2.05, 4.69) is 17.1 Å². The summed E-state index contributed by atoms with van der Waals surface area (Å²) >= 11 is 0. The Bertz CT molecular complexity index is 693. The van der Waals surface area contributed by atoms with Gasteiger partial charge in [-0.25, -0.2) is 4.99 Å². The Morgan fingerprint density at radius 1 is 1.32 bits per heavy atom. The second kappa shape index (κ2) is 4.57. The standard InChI is InChI=1S/C15H16N4O3/c1-3-21-15(22-4-2)14(9-17)11(10-6-5-7-20-10)13(14,8-16)12(18)19-15/h5-7,11H,3-4H2,1-2H3,(H2,18,19)/p+1/t11-,13-,14-/m1/s1. The van der Waals surface area contributed by atoms with Gasteiger partial charge in [-0.05, 0) is 26.0 Å². The van der Waals surface area contributed by atoms with Gasteiger partial charge in [0, 0.05) is 0 Å². The van der Waals surface area contributed by atoms with Crippen LogP contribution in [0.5, 0.6) is 0 Å². The molecular weight excluding hydrogens is 284 g/mol. The molecule has 0 spiro atoms.